The Kier molecular flexibility index (Phi) is 6.96. The van der Waals surface area contributed by atoms with Gasteiger partial charge in [0.1, 0.15) is 17.2 Å². The first-order valence-electron chi connectivity index (χ1n) is 11.0. The third-order valence-electron chi connectivity index (χ3n) is 5.35. The number of hydrogen-bond donors (Lipinski definition) is 3. The van der Waals surface area contributed by atoms with E-state index in [0.29, 0.717) is 18.2 Å². The highest BCUT2D eigenvalue weighted by Crippen LogP contribution is 2.36. The van der Waals surface area contributed by atoms with Crippen molar-refractivity contribution in [2.45, 2.75) is 51.4 Å². The molecule has 1 unspecified atom stereocenters. The molecular weight excluding hydrogens is 434 g/mol. The third-order valence-corrected chi connectivity index (χ3v) is 6.50. The van der Waals surface area contributed by atoms with Crippen LogP contribution >= 0.6 is 11.3 Å². The number of nitrogens with two attached hydrogens (primary N) is 2. The van der Waals surface area contributed by atoms with E-state index in [2.05, 4.69) is 21.8 Å². The van der Waals surface area contributed by atoms with E-state index in [1.54, 1.807) is 31.4 Å². The number of nitrogens with zero attached hydrogens (tertiary/aromatic N) is 3. The molecule has 0 saturated carbocycles. The van der Waals surface area contributed by atoms with Crippen LogP contribution in [0.1, 0.15) is 55.3 Å². The van der Waals surface area contributed by atoms with E-state index < -0.39 is 5.60 Å². The molecule has 8 heteroatoms. The van der Waals surface area contributed by atoms with Crippen molar-refractivity contribution in [2.24, 2.45) is 5.84 Å². The average Bonchev–Trinajstić information content (AvgIpc) is 3.27. The Morgan fingerprint density at radius 3 is 2.88 bits per heavy atom. The van der Waals surface area contributed by atoms with Crippen LogP contribution in [0.15, 0.2) is 42.7 Å². The molecule has 0 spiro atoms. The fourth-order valence-corrected chi connectivity index (χ4v) is 4.68. The number of thiazole rings is 1. The van der Waals surface area contributed by atoms with Gasteiger partial charge in [0.15, 0.2) is 11.6 Å². The van der Waals surface area contributed by atoms with Crippen LogP contribution in [-0.4, -0.2) is 32.2 Å². The molecule has 1 aromatic carbocycles. The summed E-state index contributed by atoms with van der Waals surface area (Å²) in [6.45, 7) is 4.53. The Morgan fingerprint density at radius 2 is 2.09 bits per heavy atom. The molecule has 1 aliphatic rings. The van der Waals surface area contributed by atoms with Crippen LogP contribution < -0.4 is 16.3 Å². The molecule has 3 heterocycles. The third kappa shape index (κ3) is 6.09. The highest BCUT2D eigenvalue weighted by molar-refractivity contribution is 7.15. The van der Waals surface area contributed by atoms with E-state index in [9.17, 15) is 5.11 Å². The molecule has 33 heavy (non-hydrogen) atoms. The number of piperidine rings is 1. The molecular formula is C25H29N5O2S. The summed E-state index contributed by atoms with van der Waals surface area (Å²) in [7, 11) is 0. The Hall–Kier alpha value is -2.96. The monoisotopic (exact) mass is 463 g/mol. The normalized spacial score (nSPS) is 16.8. The van der Waals surface area contributed by atoms with Crippen molar-refractivity contribution in [3.05, 3.63) is 58.9 Å². The average molecular weight is 464 g/mol. The zero-order valence-electron chi connectivity index (χ0n) is 18.9. The maximum absolute atomic E-state index is 9.81. The largest absolute Gasteiger partial charge is 0.485 e. The molecule has 1 atom stereocenters. The summed E-state index contributed by atoms with van der Waals surface area (Å²) in [6.07, 6.45) is 6.93. The van der Waals surface area contributed by atoms with Crippen molar-refractivity contribution in [2.75, 3.05) is 12.3 Å². The minimum Gasteiger partial charge on any atom is -0.485 e. The Bertz CT molecular complexity index is 1180. The van der Waals surface area contributed by atoms with Gasteiger partial charge in [0.05, 0.1) is 10.9 Å². The predicted molar refractivity (Wildman–Crippen MR) is 131 cm³/mol. The predicted octanol–water partition coefficient (Wildman–Crippen LogP) is 3.89. The quantitative estimate of drug-likeness (QED) is 0.389. The first kappa shape index (κ1) is 23.2. The van der Waals surface area contributed by atoms with Gasteiger partial charge in [-0.3, -0.25) is 5.84 Å². The summed E-state index contributed by atoms with van der Waals surface area (Å²) in [6, 6.07) is 9.77. The molecule has 0 amide bonds. The number of benzene rings is 1. The van der Waals surface area contributed by atoms with Crippen molar-refractivity contribution in [1.82, 2.24) is 15.0 Å². The minimum atomic E-state index is -1.04. The number of rotatable bonds is 5. The maximum Gasteiger partial charge on any atom is 0.166 e. The standard InChI is InChI=1S/C25H29N5O2S/c1-25(2,31)10-9-17-6-5-7-18(12-17)16-32-21-13-19(14-28-23(21)26)22-15-29-24(33-22)20-8-3-4-11-30(20)27/h5-7,12-15,20,31H,3-4,8,11,16,27H2,1-2H3,(H2,26,28). The van der Waals surface area contributed by atoms with E-state index in [0.717, 1.165) is 46.0 Å². The van der Waals surface area contributed by atoms with E-state index in [1.807, 2.05) is 41.5 Å². The summed E-state index contributed by atoms with van der Waals surface area (Å²) < 4.78 is 6.00. The lowest BCUT2D eigenvalue weighted by Gasteiger charge is -2.30. The molecule has 3 aromatic rings. The smallest absolute Gasteiger partial charge is 0.166 e. The van der Waals surface area contributed by atoms with Crippen LogP contribution in [0, 0.1) is 11.8 Å². The molecule has 0 radical (unpaired) electrons. The van der Waals surface area contributed by atoms with Gasteiger partial charge in [0.25, 0.3) is 0 Å². The first-order chi connectivity index (χ1) is 15.8. The van der Waals surface area contributed by atoms with Crippen molar-refractivity contribution in [3.63, 3.8) is 0 Å². The Balaban J connectivity index is 1.48. The van der Waals surface area contributed by atoms with E-state index in [-0.39, 0.29) is 6.04 Å². The second kappa shape index (κ2) is 9.89. The van der Waals surface area contributed by atoms with Gasteiger partial charge in [-0.1, -0.05) is 30.4 Å². The molecule has 4 rings (SSSR count). The van der Waals surface area contributed by atoms with Crippen molar-refractivity contribution >= 4 is 17.2 Å². The number of aromatic nitrogens is 2. The molecule has 1 fully saturated rings. The molecule has 172 valence electrons. The SMILES string of the molecule is CC(C)(O)C#Cc1cccc(COc2cc(-c3cnc(C4CCCCN4N)s3)cnc2N)c1. The molecule has 2 aromatic heterocycles. The zero-order valence-corrected chi connectivity index (χ0v) is 19.7. The van der Waals surface area contributed by atoms with Gasteiger partial charge >= 0.3 is 0 Å². The fraction of sp³-hybridized carbons (Fsp3) is 0.360. The lowest BCUT2D eigenvalue weighted by atomic mass is 10.1. The molecule has 5 N–H and O–H groups in total. The second-order valence-electron chi connectivity index (χ2n) is 8.72. The number of hydrogen-bond acceptors (Lipinski definition) is 8. The van der Waals surface area contributed by atoms with Gasteiger partial charge < -0.3 is 15.6 Å². The maximum atomic E-state index is 9.81. The Labute approximate surface area is 198 Å². The number of pyridine rings is 1. The van der Waals surface area contributed by atoms with Gasteiger partial charge in [0.2, 0.25) is 0 Å². The number of nitrogen functional groups attached to an aromatic ring is 1. The van der Waals surface area contributed by atoms with Crippen LogP contribution in [-0.2, 0) is 6.61 Å². The highest BCUT2D eigenvalue weighted by atomic mass is 32.1. The summed E-state index contributed by atoms with van der Waals surface area (Å²) in [5, 5.41) is 12.7. The number of ether oxygens (including phenoxy) is 1. The van der Waals surface area contributed by atoms with E-state index in [1.165, 1.54) is 6.42 Å². The van der Waals surface area contributed by atoms with Gasteiger partial charge in [0, 0.05) is 30.1 Å². The van der Waals surface area contributed by atoms with E-state index in [4.69, 9.17) is 16.3 Å². The topological polar surface area (TPSA) is 111 Å². The van der Waals surface area contributed by atoms with Gasteiger partial charge in [-0.15, -0.1) is 11.3 Å². The molecule has 0 bridgehead atoms. The fourth-order valence-electron chi connectivity index (χ4n) is 3.62. The molecule has 1 aliphatic heterocycles. The lowest BCUT2D eigenvalue weighted by molar-refractivity contribution is 0.143. The van der Waals surface area contributed by atoms with Crippen LogP contribution in [0.25, 0.3) is 10.4 Å². The van der Waals surface area contributed by atoms with Gasteiger partial charge in [-0.05, 0) is 50.5 Å². The van der Waals surface area contributed by atoms with Gasteiger partial charge in [-0.25, -0.2) is 15.0 Å². The summed E-state index contributed by atoms with van der Waals surface area (Å²) in [4.78, 5) is 9.95. The van der Waals surface area contributed by atoms with Crippen LogP contribution in [0.4, 0.5) is 5.82 Å². The summed E-state index contributed by atoms with van der Waals surface area (Å²) >= 11 is 1.63. The second-order valence-corrected chi connectivity index (χ2v) is 9.78. The van der Waals surface area contributed by atoms with Gasteiger partial charge in [-0.2, -0.15) is 0 Å². The van der Waals surface area contributed by atoms with Crippen molar-refractivity contribution in [1.29, 1.82) is 0 Å². The number of anilines is 1. The first-order valence-corrected chi connectivity index (χ1v) is 11.8. The molecule has 0 aliphatic carbocycles. The molecule has 7 nitrogen and oxygen atoms in total. The highest BCUT2D eigenvalue weighted by Gasteiger charge is 2.24. The van der Waals surface area contributed by atoms with Crippen molar-refractivity contribution in [3.8, 4) is 28.0 Å². The summed E-state index contributed by atoms with van der Waals surface area (Å²) in [5.41, 5.74) is 7.71. The van der Waals surface area contributed by atoms with Crippen LogP contribution in [0.5, 0.6) is 5.75 Å². The molecule has 1 saturated heterocycles. The van der Waals surface area contributed by atoms with Crippen molar-refractivity contribution < 1.29 is 9.84 Å². The summed E-state index contributed by atoms with van der Waals surface area (Å²) in [5.74, 6) is 12.8. The minimum absolute atomic E-state index is 0.168. The zero-order chi connectivity index (χ0) is 23.4. The number of aliphatic hydroxyl groups is 1. The van der Waals surface area contributed by atoms with E-state index >= 15 is 0 Å². The number of hydrazine groups is 1. The Morgan fingerprint density at radius 1 is 1.24 bits per heavy atom. The van der Waals surface area contributed by atoms with Crippen LogP contribution in [0.3, 0.4) is 0 Å². The lowest BCUT2D eigenvalue weighted by Crippen LogP contribution is -2.38. The van der Waals surface area contributed by atoms with Crippen LogP contribution in [0.2, 0.25) is 0 Å².